The van der Waals surface area contributed by atoms with Gasteiger partial charge in [-0.2, -0.15) is 0 Å². The topological polar surface area (TPSA) is 43.9 Å². The molecule has 0 N–H and O–H groups in total. The van der Waals surface area contributed by atoms with Crippen molar-refractivity contribution in [2.45, 2.75) is 6.92 Å². The second-order valence-electron chi connectivity index (χ2n) is 7.97. The number of rotatable bonds is 4. The Morgan fingerprint density at radius 1 is 0.697 bits per heavy atom. The van der Waals surface area contributed by atoms with Crippen molar-refractivity contribution in [2.75, 3.05) is 0 Å². The molecule has 0 aliphatic carbocycles. The normalized spacial score (nSPS) is 11.2. The lowest BCUT2D eigenvalue weighted by Crippen LogP contribution is -2.02. The van der Waals surface area contributed by atoms with Crippen LogP contribution < -0.4 is 0 Å². The number of aromatic nitrogens is 3. The molecule has 0 radical (unpaired) electrons. The van der Waals surface area contributed by atoms with Gasteiger partial charge in [-0.1, -0.05) is 78.9 Å². The average Bonchev–Trinajstić information content (AvgIpc) is 3.50. The van der Waals surface area contributed by atoms with Crippen molar-refractivity contribution in [3.8, 4) is 39.3 Å². The van der Waals surface area contributed by atoms with E-state index in [1.54, 1.807) is 0 Å². The van der Waals surface area contributed by atoms with Crippen LogP contribution in [0.5, 0.6) is 0 Å². The number of hydrogen-bond donors (Lipinski definition) is 0. The van der Waals surface area contributed by atoms with E-state index in [1.165, 1.54) is 0 Å². The summed E-state index contributed by atoms with van der Waals surface area (Å²) in [4.78, 5) is 9.26. The largest absolute Gasteiger partial charge is 0.441 e. The van der Waals surface area contributed by atoms with Gasteiger partial charge in [-0.15, -0.1) is 0 Å². The minimum Gasteiger partial charge on any atom is -0.441 e. The van der Waals surface area contributed by atoms with E-state index in [-0.39, 0.29) is 0 Å². The third-order valence-corrected chi connectivity index (χ3v) is 5.84. The van der Waals surface area contributed by atoms with Gasteiger partial charge in [-0.25, -0.2) is 9.97 Å². The number of hydrogen-bond acceptors (Lipinski definition) is 3. The van der Waals surface area contributed by atoms with E-state index in [9.17, 15) is 0 Å². The fourth-order valence-corrected chi connectivity index (χ4v) is 4.38. The first kappa shape index (κ1) is 19.3. The van der Waals surface area contributed by atoms with E-state index >= 15 is 0 Å². The van der Waals surface area contributed by atoms with Crippen LogP contribution in [0, 0.1) is 6.92 Å². The second kappa shape index (κ2) is 7.92. The molecular weight excluding hydrogens is 406 g/mol. The van der Waals surface area contributed by atoms with Crippen LogP contribution in [0.3, 0.4) is 0 Å². The number of benzene rings is 4. The molecule has 0 unspecified atom stereocenters. The molecule has 158 valence electrons. The SMILES string of the molecule is Cc1nc2cc(-c3nccn3-c3c(-c4ccccc4)cccc3-c3ccccc3)ccc2o1. The molecule has 0 bridgehead atoms. The van der Waals surface area contributed by atoms with Crippen LogP contribution in [0.2, 0.25) is 0 Å². The first-order valence-corrected chi connectivity index (χ1v) is 10.9. The maximum atomic E-state index is 5.67. The molecule has 0 aliphatic heterocycles. The van der Waals surface area contributed by atoms with Gasteiger partial charge in [0.25, 0.3) is 0 Å². The zero-order valence-corrected chi connectivity index (χ0v) is 18.1. The van der Waals surface area contributed by atoms with Crippen LogP contribution in [-0.2, 0) is 0 Å². The highest BCUT2D eigenvalue weighted by Gasteiger charge is 2.18. The van der Waals surface area contributed by atoms with E-state index in [4.69, 9.17) is 9.40 Å². The summed E-state index contributed by atoms with van der Waals surface area (Å²) in [5.41, 5.74) is 8.31. The molecule has 0 atom stereocenters. The molecule has 6 rings (SSSR count). The van der Waals surface area contributed by atoms with Crippen molar-refractivity contribution in [1.82, 2.24) is 14.5 Å². The fourth-order valence-electron chi connectivity index (χ4n) is 4.38. The van der Waals surface area contributed by atoms with Crippen LogP contribution >= 0.6 is 0 Å². The first-order valence-electron chi connectivity index (χ1n) is 10.9. The number of aryl methyl sites for hydroxylation is 1. The summed E-state index contributed by atoms with van der Waals surface area (Å²) >= 11 is 0. The van der Waals surface area contributed by atoms with E-state index in [1.807, 2.05) is 49.6 Å². The van der Waals surface area contributed by atoms with E-state index in [0.717, 1.165) is 50.4 Å². The van der Waals surface area contributed by atoms with Crippen molar-refractivity contribution in [2.24, 2.45) is 0 Å². The molecule has 0 fully saturated rings. The zero-order chi connectivity index (χ0) is 22.2. The predicted molar refractivity (Wildman–Crippen MR) is 132 cm³/mol. The summed E-state index contributed by atoms with van der Waals surface area (Å²) < 4.78 is 7.85. The Morgan fingerprint density at radius 3 is 2.03 bits per heavy atom. The number of imidazole rings is 1. The maximum absolute atomic E-state index is 5.67. The molecule has 0 saturated carbocycles. The van der Waals surface area contributed by atoms with Gasteiger partial charge in [0.1, 0.15) is 11.3 Å². The van der Waals surface area contributed by atoms with Crippen LogP contribution in [0.1, 0.15) is 5.89 Å². The average molecular weight is 428 g/mol. The highest BCUT2D eigenvalue weighted by Crippen LogP contribution is 2.38. The predicted octanol–water partition coefficient (Wildman–Crippen LogP) is 7.32. The Hall–Kier alpha value is -4.44. The molecule has 33 heavy (non-hydrogen) atoms. The molecular formula is C29H21N3O. The lowest BCUT2D eigenvalue weighted by molar-refractivity contribution is 0.561. The van der Waals surface area contributed by atoms with Gasteiger partial charge in [0.15, 0.2) is 11.5 Å². The quantitative estimate of drug-likeness (QED) is 0.296. The molecule has 4 heteroatoms. The van der Waals surface area contributed by atoms with E-state index in [0.29, 0.717) is 5.89 Å². The lowest BCUT2D eigenvalue weighted by atomic mass is 9.95. The summed E-state index contributed by atoms with van der Waals surface area (Å²) in [6, 6.07) is 33.5. The van der Waals surface area contributed by atoms with Gasteiger partial charge >= 0.3 is 0 Å². The monoisotopic (exact) mass is 427 g/mol. The van der Waals surface area contributed by atoms with Crippen molar-refractivity contribution in [1.29, 1.82) is 0 Å². The summed E-state index contributed by atoms with van der Waals surface area (Å²) in [7, 11) is 0. The molecule has 2 heterocycles. The Balaban J connectivity index is 1.62. The van der Waals surface area contributed by atoms with Crippen LogP contribution in [0.15, 0.2) is 114 Å². The summed E-state index contributed by atoms with van der Waals surface area (Å²) in [6.07, 6.45) is 3.88. The van der Waals surface area contributed by atoms with E-state index < -0.39 is 0 Å². The third-order valence-electron chi connectivity index (χ3n) is 5.84. The Morgan fingerprint density at radius 2 is 1.36 bits per heavy atom. The highest BCUT2D eigenvalue weighted by molar-refractivity contribution is 5.87. The van der Waals surface area contributed by atoms with Crippen molar-refractivity contribution < 1.29 is 4.42 Å². The molecule has 0 spiro atoms. The molecule has 6 aromatic rings. The van der Waals surface area contributed by atoms with Crippen LogP contribution in [0.25, 0.3) is 50.4 Å². The van der Waals surface area contributed by atoms with Crippen molar-refractivity contribution in [3.63, 3.8) is 0 Å². The third kappa shape index (κ3) is 3.42. The van der Waals surface area contributed by atoms with Gasteiger partial charge in [-0.3, -0.25) is 4.57 Å². The minimum absolute atomic E-state index is 0.659. The molecule has 4 nitrogen and oxygen atoms in total. The standard InChI is InChI=1S/C29H21N3O/c1-20-31-26-19-23(15-16-27(26)33-20)29-30-17-18-32(29)28-24(21-9-4-2-5-10-21)13-8-14-25(28)22-11-6-3-7-12-22/h2-19H,1H3. The van der Waals surface area contributed by atoms with E-state index in [2.05, 4.69) is 76.3 Å². The molecule has 0 aliphatic rings. The molecule has 0 amide bonds. The van der Waals surface area contributed by atoms with Crippen LogP contribution in [0.4, 0.5) is 0 Å². The van der Waals surface area contributed by atoms with Gasteiger partial charge in [-0.05, 0) is 29.3 Å². The maximum Gasteiger partial charge on any atom is 0.192 e. The lowest BCUT2D eigenvalue weighted by Gasteiger charge is -2.18. The number of para-hydroxylation sites is 1. The second-order valence-corrected chi connectivity index (χ2v) is 7.97. The molecule has 2 aromatic heterocycles. The van der Waals surface area contributed by atoms with Crippen molar-refractivity contribution in [3.05, 3.63) is 115 Å². The van der Waals surface area contributed by atoms with Gasteiger partial charge in [0.2, 0.25) is 0 Å². The highest BCUT2D eigenvalue weighted by atomic mass is 16.3. The fraction of sp³-hybridized carbons (Fsp3) is 0.0345. The summed E-state index contributed by atoms with van der Waals surface area (Å²) in [5.74, 6) is 1.52. The Labute approximate surface area is 191 Å². The van der Waals surface area contributed by atoms with Gasteiger partial charge in [0.05, 0.1) is 5.69 Å². The Bertz CT molecular complexity index is 1510. The summed E-state index contributed by atoms with van der Waals surface area (Å²) in [6.45, 7) is 1.86. The summed E-state index contributed by atoms with van der Waals surface area (Å²) in [5, 5.41) is 0. The number of nitrogens with zero attached hydrogens (tertiary/aromatic N) is 3. The van der Waals surface area contributed by atoms with Crippen molar-refractivity contribution >= 4 is 11.1 Å². The first-order chi connectivity index (χ1) is 16.3. The number of oxazole rings is 1. The minimum atomic E-state index is 0.659. The molecule has 4 aromatic carbocycles. The smallest absolute Gasteiger partial charge is 0.192 e. The molecule has 0 saturated heterocycles. The van der Waals surface area contributed by atoms with Gasteiger partial charge in [0, 0.05) is 36.0 Å². The zero-order valence-electron chi connectivity index (χ0n) is 18.1. The van der Waals surface area contributed by atoms with Gasteiger partial charge < -0.3 is 4.42 Å². The Kier molecular flexibility index (Phi) is 4.62. The number of fused-ring (bicyclic) bond motifs is 1. The van der Waals surface area contributed by atoms with Crippen LogP contribution in [-0.4, -0.2) is 14.5 Å².